The monoisotopic (exact) mass is 509 g/mol. The Balaban J connectivity index is 1.58. The molecule has 10 nitrogen and oxygen atoms in total. The van der Waals surface area contributed by atoms with Crippen molar-refractivity contribution in [3.8, 4) is 11.4 Å². The normalized spacial score (nSPS) is 22.5. The van der Waals surface area contributed by atoms with E-state index in [4.69, 9.17) is 0 Å². The maximum atomic E-state index is 13.0. The molecule has 5 heterocycles. The number of halogens is 3. The Hall–Kier alpha value is -3.26. The first kappa shape index (κ1) is 23.5. The van der Waals surface area contributed by atoms with Gasteiger partial charge in [-0.3, -0.25) is 4.79 Å². The number of aromatic nitrogens is 4. The lowest BCUT2D eigenvalue weighted by molar-refractivity contribution is -0.142. The molecular weight excluding hydrogens is 487 g/mol. The molecule has 1 fully saturated rings. The third-order valence-corrected chi connectivity index (χ3v) is 8.36. The largest absolute Gasteiger partial charge is 0.405 e. The zero-order chi connectivity index (χ0) is 25.0. The number of hydrogen-bond acceptors (Lipinski definition) is 7. The molecule has 2 unspecified atom stereocenters. The summed E-state index contributed by atoms with van der Waals surface area (Å²) in [6.45, 7) is 0.00355. The molecule has 0 aromatic carbocycles. The van der Waals surface area contributed by atoms with Gasteiger partial charge in [-0.2, -0.15) is 17.5 Å². The molecule has 5 rings (SSSR count). The molecule has 0 saturated carbocycles. The minimum absolute atomic E-state index is 0.0117. The number of aromatic amines is 1. The van der Waals surface area contributed by atoms with Crippen molar-refractivity contribution in [1.29, 1.82) is 0 Å². The average Bonchev–Trinajstić information content (AvgIpc) is 3.26. The predicted octanol–water partition coefficient (Wildman–Crippen LogP) is 2.35. The van der Waals surface area contributed by atoms with Gasteiger partial charge in [-0.05, 0) is 25.5 Å². The van der Waals surface area contributed by atoms with E-state index in [0.29, 0.717) is 22.6 Å². The van der Waals surface area contributed by atoms with E-state index in [9.17, 15) is 26.4 Å². The fraction of sp³-hybridized carbons (Fsp3) is 0.429. The van der Waals surface area contributed by atoms with Crippen LogP contribution in [0.25, 0.3) is 22.4 Å². The first-order chi connectivity index (χ1) is 16.5. The molecule has 2 aliphatic rings. The van der Waals surface area contributed by atoms with Gasteiger partial charge in [-0.25, -0.2) is 23.4 Å². The van der Waals surface area contributed by atoms with Crippen LogP contribution in [-0.4, -0.2) is 69.1 Å². The molecule has 14 heteroatoms. The number of fused-ring (bicyclic) bond motifs is 5. The number of anilines is 1. The van der Waals surface area contributed by atoms with Crippen molar-refractivity contribution in [2.24, 2.45) is 0 Å². The Kier molecular flexibility index (Phi) is 5.47. The van der Waals surface area contributed by atoms with Crippen LogP contribution >= 0.6 is 0 Å². The minimum Gasteiger partial charge on any atom is -0.355 e. The molecular formula is C21H22F3N7O3S. The fourth-order valence-electron chi connectivity index (χ4n) is 4.71. The van der Waals surface area contributed by atoms with Gasteiger partial charge >= 0.3 is 6.18 Å². The summed E-state index contributed by atoms with van der Waals surface area (Å²) in [6, 6.07) is 2.80. The quantitative estimate of drug-likeness (QED) is 0.481. The summed E-state index contributed by atoms with van der Waals surface area (Å²) in [4.78, 5) is 29.3. The number of piperidine rings is 1. The van der Waals surface area contributed by atoms with E-state index < -0.39 is 40.2 Å². The van der Waals surface area contributed by atoms with Crippen LogP contribution in [0.2, 0.25) is 0 Å². The van der Waals surface area contributed by atoms with Crippen LogP contribution in [0.3, 0.4) is 0 Å². The lowest BCUT2D eigenvalue weighted by atomic mass is 9.78. The summed E-state index contributed by atoms with van der Waals surface area (Å²) in [5, 5.41) is 5.75. The summed E-state index contributed by atoms with van der Waals surface area (Å²) in [5.41, 5.74) is 0.275. The Labute approximate surface area is 198 Å². The number of pyridine rings is 1. The highest BCUT2D eigenvalue weighted by atomic mass is 32.2. The van der Waals surface area contributed by atoms with Crippen LogP contribution in [0.4, 0.5) is 19.0 Å². The number of amides is 1. The molecule has 0 radical (unpaired) electrons. The predicted molar refractivity (Wildman–Crippen MR) is 121 cm³/mol. The van der Waals surface area contributed by atoms with Crippen molar-refractivity contribution in [3.63, 3.8) is 0 Å². The lowest BCUT2D eigenvalue weighted by Gasteiger charge is -2.49. The molecule has 3 aromatic rings. The van der Waals surface area contributed by atoms with Gasteiger partial charge in [-0.15, -0.1) is 0 Å². The van der Waals surface area contributed by atoms with Crippen molar-refractivity contribution in [1.82, 2.24) is 29.6 Å². The molecule has 186 valence electrons. The molecule has 3 aromatic heterocycles. The van der Waals surface area contributed by atoms with Crippen LogP contribution in [0.15, 0.2) is 30.7 Å². The van der Waals surface area contributed by atoms with E-state index in [-0.39, 0.29) is 31.0 Å². The molecule has 3 N–H and O–H groups in total. The Bertz CT molecular complexity index is 1410. The molecule has 1 saturated heterocycles. The third-order valence-electron chi connectivity index (χ3n) is 6.48. The summed E-state index contributed by atoms with van der Waals surface area (Å²) < 4.78 is 65.3. The number of nitrogens with one attached hydrogen (secondary N) is 3. The number of carbonyl (C=O) groups excluding carboxylic acids is 1. The first-order valence-electron chi connectivity index (χ1n) is 11.0. The number of carbonyl (C=O) groups is 1. The highest BCUT2D eigenvalue weighted by Crippen LogP contribution is 2.47. The number of sulfonamides is 1. The topological polar surface area (TPSA) is 133 Å². The van der Waals surface area contributed by atoms with Crippen molar-refractivity contribution >= 4 is 32.8 Å². The third kappa shape index (κ3) is 4.10. The van der Waals surface area contributed by atoms with E-state index in [0.717, 1.165) is 5.39 Å². The lowest BCUT2D eigenvalue weighted by Crippen LogP contribution is -2.62. The molecule has 0 aliphatic carbocycles. The number of H-pyrrole nitrogens is 1. The van der Waals surface area contributed by atoms with Crippen LogP contribution in [0, 0.1) is 0 Å². The van der Waals surface area contributed by atoms with Crippen LogP contribution in [0.5, 0.6) is 0 Å². The Morgan fingerprint density at radius 3 is 2.89 bits per heavy atom. The maximum absolute atomic E-state index is 13.0. The fourth-order valence-corrected chi connectivity index (χ4v) is 5.99. The van der Waals surface area contributed by atoms with E-state index in [2.05, 4.69) is 25.3 Å². The van der Waals surface area contributed by atoms with Crippen LogP contribution < -0.4 is 10.6 Å². The van der Waals surface area contributed by atoms with Gasteiger partial charge in [0.2, 0.25) is 15.9 Å². The van der Waals surface area contributed by atoms with E-state index in [1.165, 1.54) is 17.4 Å². The molecule has 1 amide bonds. The van der Waals surface area contributed by atoms with Gasteiger partial charge in [0, 0.05) is 48.1 Å². The van der Waals surface area contributed by atoms with Gasteiger partial charge < -0.3 is 15.6 Å². The average molecular weight is 510 g/mol. The second-order valence-electron chi connectivity index (χ2n) is 8.59. The zero-order valence-electron chi connectivity index (χ0n) is 18.6. The summed E-state index contributed by atoms with van der Waals surface area (Å²) in [5.74, 6) is -0.495. The van der Waals surface area contributed by atoms with Gasteiger partial charge in [-0.1, -0.05) is 0 Å². The highest BCUT2D eigenvalue weighted by molar-refractivity contribution is 7.89. The number of hydrogen-bond donors (Lipinski definition) is 3. The maximum Gasteiger partial charge on any atom is 0.405 e. The van der Waals surface area contributed by atoms with Crippen molar-refractivity contribution < 1.29 is 26.4 Å². The van der Waals surface area contributed by atoms with E-state index in [1.807, 2.05) is 11.4 Å². The van der Waals surface area contributed by atoms with Crippen molar-refractivity contribution in [2.75, 3.05) is 24.2 Å². The number of nitrogens with zero attached hydrogens (tertiary/aromatic N) is 4. The second kappa shape index (κ2) is 8.16. The van der Waals surface area contributed by atoms with Crippen LogP contribution in [0.1, 0.15) is 31.4 Å². The molecule has 2 bridgehead atoms. The van der Waals surface area contributed by atoms with Gasteiger partial charge in [0.1, 0.15) is 23.5 Å². The Morgan fingerprint density at radius 2 is 2.14 bits per heavy atom. The van der Waals surface area contributed by atoms with Gasteiger partial charge in [0.15, 0.2) is 5.82 Å². The smallest absolute Gasteiger partial charge is 0.355 e. The summed E-state index contributed by atoms with van der Waals surface area (Å²) in [6.07, 6.45) is 0.188. The van der Waals surface area contributed by atoms with E-state index in [1.54, 1.807) is 18.5 Å². The molecule has 2 atom stereocenters. The molecule has 0 spiro atoms. The van der Waals surface area contributed by atoms with Crippen molar-refractivity contribution in [3.05, 3.63) is 36.3 Å². The molecule has 2 aliphatic heterocycles. The van der Waals surface area contributed by atoms with Crippen molar-refractivity contribution in [2.45, 2.75) is 37.5 Å². The van der Waals surface area contributed by atoms with Gasteiger partial charge in [0.05, 0.1) is 11.8 Å². The standard InChI is InChI=1S/C21H22F3N7O3S/c1-2-35(33,34)31-7-5-20(19(32)28-11-21(22,23)24)8-15(31)14-10-27-17(29-18(14)30-20)13-9-26-16-12(13)4-3-6-25-16/h3-4,6,9-10,15H,2,5,7-8,11H2,1H3,(H,25,26)(H,28,32)(H,27,29,30). The SMILES string of the molecule is CCS(=O)(=O)N1CCC2(C(=O)NCC(F)(F)F)CC1c1cnc(-c3c[nH]c4ncccc34)nc1N2. The first-order valence-corrected chi connectivity index (χ1v) is 12.6. The minimum atomic E-state index is -4.58. The number of rotatable bonds is 5. The van der Waals surface area contributed by atoms with Gasteiger partial charge in [0.25, 0.3) is 0 Å². The second-order valence-corrected chi connectivity index (χ2v) is 10.8. The zero-order valence-corrected chi connectivity index (χ0v) is 19.4. The molecule has 35 heavy (non-hydrogen) atoms. The highest BCUT2D eigenvalue weighted by Gasteiger charge is 2.53. The Morgan fingerprint density at radius 1 is 1.34 bits per heavy atom. The summed E-state index contributed by atoms with van der Waals surface area (Å²) in [7, 11) is -3.66. The summed E-state index contributed by atoms with van der Waals surface area (Å²) >= 11 is 0. The number of alkyl halides is 3. The van der Waals surface area contributed by atoms with Crippen LogP contribution in [-0.2, 0) is 14.8 Å². The van der Waals surface area contributed by atoms with E-state index >= 15 is 0 Å².